The molecule has 0 fully saturated rings. The van der Waals surface area contributed by atoms with E-state index in [9.17, 15) is 0 Å². The van der Waals surface area contributed by atoms with E-state index in [0.717, 1.165) is 44.6 Å². The van der Waals surface area contributed by atoms with E-state index < -0.39 is 0 Å². The molecule has 12 aromatic rings. The Bertz CT molecular complexity index is 3550. The summed E-state index contributed by atoms with van der Waals surface area (Å²) in [7, 11) is 0. The van der Waals surface area contributed by atoms with E-state index >= 15 is 0 Å². The average Bonchev–Trinajstić information content (AvgIpc) is 3.89. The first kappa shape index (κ1) is 33.7. The third-order valence-corrected chi connectivity index (χ3v) is 13.1. The molecular formula is C56H35NOS. The minimum atomic E-state index is 0.861. The van der Waals surface area contributed by atoms with E-state index in [0.29, 0.717) is 0 Å². The predicted molar refractivity (Wildman–Crippen MR) is 253 cm³/mol. The van der Waals surface area contributed by atoms with Crippen molar-refractivity contribution in [2.24, 2.45) is 0 Å². The van der Waals surface area contributed by atoms with Gasteiger partial charge in [-0.3, -0.25) is 0 Å². The van der Waals surface area contributed by atoms with E-state index in [2.05, 4.69) is 217 Å². The Morgan fingerprint density at radius 2 is 0.983 bits per heavy atom. The van der Waals surface area contributed by atoms with Crippen LogP contribution in [-0.4, -0.2) is 0 Å². The van der Waals surface area contributed by atoms with Crippen LogP contribution in [0.4, 0.5) is 17.1 Å². The first-order chi connectivity index (χ1) is 29.2. The van der Waals surface area contributed by atoms with Gasteiger partial charge in [0.2, 0.25) is 0 Å². The van der Waals surface area contributed by atoms with Crippen LogP contribution in [0.2, 0.25) is 0 Å². The monoisotopic (exact) mass is 769 g/mol. The van der Waals surface area contributed by atoms with Gasteiger partial charge in [-0.15, -0.1) is 11.3 Å². The first-order valence-electron chi connectivity index (χ1n) is 20.1. The van der Waals surface area contributed by atoms with Crippen molar-refractivity contribution in [2.75, 3.05) is 4.90 Å². The number of thiophene rings is 1. The minimum Gasteiger partial charge on any atom is -0.456 e. The molecule has 2 heterocycles. The molecule has 12 rings (SSSR count). The quantitative estimate of drug-likeness (QED) is 0.157. The number of hydrogen-bond acceptors (Lipinski definition) is 3. The van der Waals surface area contributed by atoms with Gasteiger partial charge in [-0.05, 0) is 110 Å². The SMILES string of the molecule is c1ccc(-c2ccc3c(c2)oc2cccc(N(c4ccc(-c5ccc6ccc7ccccc7c6c5)cc4)c4ccc(-c5ccccc5)c5sc6ccccc6c45)c23)cc1. The second-order valence-corrected chi connectivity index (χ2v) is 16.3. The van der Waals surface area contributed by atoms with Gasteiger partial charge < -0.3 is 9.32 Å². The predicted octanol–water partition coefficient (Wildman–Crippen LogP) is 16.7. The fraction of sp³-hybridized carbons (Fsp3) is 0. The molecular weight excluding hydrogens is 735 g/mol. The number of hydrogen-bond donors (Lipinski definition) is 0. The third kappa shape index (κ3) is 5.55. The van der Waals surface area contributed by atoms with Crippen LogP contribution in [0.25, 0.3) is 97.0 Å². The molecule has 0 saturated heterocycles. The number of rotatable bonds is 6. The van der Waals surface area contributed by atoms with Crippen molar-refractivity contribution < 1.29 is 4.42 Å². The maximum absolute atomic E-state index is 6.71. The normalized spacial score (nSPS) is 11.7. The molecule has 0 unspecified atom stereocenters. The second-order valence-electron chi connectivity index (χ2n) is 15.2. The molecule has 59 heavy (non-hydrogen) atoms. The average molecular weight is 770 g/mol. The molecule has 0 aliphatic rings. The number of benzene rings is 10. The van der Waals surface area contributed by atoms with E-state index in [1.165, 1.54) is 69.5 Å². The Morgan fingerprint density at radius 3 is 1.81 bits per heavy atom. The van der Waals surface area contributed by atoms with Crippen molar-refractivity contribution >= 4 is 92.1 Å². The molecule has 0 aliphatic heterocycles. The molecule has 0 spiro atoms. The maximum Gasteiger partial charge on any atom is 0.137 e. The number of furan rings is 1. The zero-order valence-corrected chi connectivity index (χ0v) is 32.8. The summed E-state index contributed by atoms with van der Waals surface area (Å²) >= 11 is 1.87. The highest BCUT2D eigenvalue weighted by molar-refractivity contribution is 7.26. The topological polar surface area (TPSA) is 16.4 Å². The molecule has 3 heteroatoms. The van der Waals surface area contributed by atoms with Gasteiger partial charge in [-0.1, -0.05) is 158 Å². The van der Waals surface area contributed by atoms with E-state index in [-0.39, 0.29) is 0 Å². The highest BCUT2D eigenvalue weighted by Crippen LogP contribution is 2.50. The summed E-state index contributed by atoms with van der Waals surface area (Å²) in [6.07, 6.45) is 0. The molecule has 0 saturated carbocycles. The lowest BCUT2D eigenvalue weighted by atomic mass is 9.96. The molecule has 0 atom stereocenters. The van der Waals surface area contributed by atoms with E-state index in [1.54, 1.807) is 0 Å². The van der Waals surface area contributed by atoms with Crippen molar-refractivity contribution in [1.29, 1.82) is 0 Å². The smallest absolute Gasteiger partial charge is 0.137 e. The number of fused-ring (bicyclic) bond motifs is 9. The summed E-state index contributed by atoms with van der Waals surface area (Å²) in [6, 6.07) is 76.9. The van der Waals surface area contributed by atoms with Crippen LogP contribution in [0, 0.1) is 0 Å². The van der Waals surface area contributed by atoms with Crippen LogP contribution in [0.5, 0.6) is 0 Å². The Kier molecular flexibility index (Phi) is 7.75. The summed E-state index contributed by atoms with van der Waals surface area (Å²) in [5.74, 6) is 0. The molecule has 0 N–H and O–H groups in total. The van der Waals surface area contributed by atoms with Crippen LogP contribution in [0.1, 0.15) is 0 Å². The summed E-state index contributed by atoms with van der Waals surface area (Å²) in [5, 5.41) is 9.72. The van der Waals surface area contributed by atoms with Crippen LogP contribution in [0.3, 0.4) is 0 Å². The molecule has 0 radical (unpaired) electrons. The minimum absolute atomic E-state index is 0.861. The van der Waals surface area contributed by atoms with Crippen LogP contribution in [0.15, 0.2) is 217 Å². The van der Waals surface area contributed by atoms with Crippen molar-refractivity contribution in [2.45, 2.75) is 0 Å². The van der Waals surface area contributed by atoms with Gasteiger partial charge in [-0.25, -0.2) is 0 Å². The van der Waals surface area contributed by atoms with Gasteiger partial charge in [0.15, 0.2) is 0 Å². The summed E-state index contributed by atoms with van der Waals surface area (Å²) in [5.41, 5.74) is 12.1. The molecule has 2 aromatic heterocycles. The Balaban J connectivity index is 1.09. The van der Waals surface area contributed by atoms with Crippen molar-refractivity contribution in [3.63, 3.8) is 0 Å². The molecule has 276 valence electrons. The molecule has 10 aromatic carbocycles. The van der Waals surface area contributed by atoms with E-state index in [4.69, 9.17) is 4.42 Å². The zero-order valence-electron chi connectivity index (χ0n) is 32.0. The van der Waals surface area contributed by atoms with Crippen LogP contribution >= 0.6 is 11.3 Å². The largest absolute Gasteiger partial charge is 0.456 e. The second kappa shape index (κ2) is 13.6. The third-order valence-electron chi connectivity index (χ3n) is 11.9. The van der Waals surface area contributed by atoms with Crippen molar-refractivity contribution in [3.8, 4) is 33.4 Å². The van der Waals surface area contributed by atoms with Crippen molar-refractivity contribution in [3.05, 3.63) is 212 Å². The molecule has 0 bridgehead atoms. The van der Waals surface area contributed by atoms with Crippen molar-refractivity contribution in [1.82, 2.24) is 0 Å². The number of nitrogens with zero attached hydrogens (tertiary/aromatic N) is 1. The zero-order chi connectivity index (χ0) is 38.9. The highest BCUT2D eigenvalue weighted by atomic mass is 32.1. The Hall–Kier alpha value is -7.46. The lowest BCUT2D eigenvalue weighted by Crippen LogP contribution is -2.11. The van der Waals surface area contributed by atoms with Gasteiger partial charge in [0.05, 0.1) is 16.8 Å². The van der Waals surface area contributed by atoms with Gasteiger partial charge in [-0.2, -0.15) is 0 Å². The Labute approximate surface area is 345 Å². The maximum atomic E-state index is 6.71. The highest BCUT2D eigenvalue weighted by Gasteiger charge is 2.24. The molecule has 2 nitrogen and oxygen atoms in total. The lowest BCUT2D eigenvalue weighted by Gasteiger charge is -2.28. The van der Waals surface area contributed by atoms with Gasteiger partial charge in [0.25, 0.3) is 0 Å². The molecule has 0 amide bonds. The number of anilines is 3. The fourth-order valence-electron chi connectivity index (χ4n) is 9.04. The van der Waals surface area contributed by atoms with Gasteiger partial charge in [0, 0.05) is 31.2 Å². The Morgan fingerprint density at radius 1 is 0.356 bits per heavy atom. The summed E-state index contributed by atoms with van der Waals surface area (Å²) in [4.78, 5) is 2.45. The molecule has 0 aliphatic carbocycles. The fourth-order valence-corrected chi connectivity index (χ4v) is 10.3. The summed E-state index contributed by atoms with van der Waals surface area (Å²) in [6.45, 7) is 0. The van der Waals surface area contributed by atoms with E-state index in [1.807, 2.05) is 11.3 Å². The van der Waals surface area contributed by atoms with Crippen LogP contribution in [-0.2, 0) is 0 Å². The van der Waals surface area contributed by atoms with Gasteiger partial charge in [0.1, 0.15) is 11.2 Å². The standard InChI is InChI=1S/C56H35NOS/c1-3-12-36(13-4-1)42-28-31-46-52(35-42)58-51-20-11-19-49(54(46)51)57(50-33-32-45(38-14-5-2-6-15-38)56-55(50)47-18-9-10-21-53(47)59-56)43-29-26-37(27-30-43)41-25-24-40-23-22-39-16-7-8-17-44(39)48(40)34-41/h1-35H. The summed E-state index contributed by atoms with van der Waals surface area (Å²) < 4.78 is 9.26. The first-order valence-corrected chi connectivity index (χ1v) is 20.9. The lowest BCUT2D eigenvalue weighted by molar-refractivity contribution is 0.669. The van der Waals surface area contributed by atoms with Gasteiger partial charge >= 0.3 is 0 Å². The van der Waals surface area contributed by atoms with Crippen LogP contribution < -0.4 is 4.90 Å².